The van der Waals surface area contributed by atoms with E-state index in [1.165, 1.54) is 14.2 Å². The average molecular weight is 476 g/mol. The summed E-state index contributed by atoms with van der Waals surface area (Å²) in [4.78, 5) is 25.9. The average Bonchev–Trinajstić information content (AvgIpc) is 2.66. The van der Waals surface area contributed by atoms with E-state index >= 15 is 0 Å². The SMILES string of the molecule is COC(=O)CC[S+](CCC(=O)OC)c1ccc(N(C)C)cc1.O=S(=O)([O-])C(F)(F)F. The molecule has 0 heterocycles. The minimum absolute atomic E-state index is 0.174. The van der Waals surface area contributed by atoms with E-state index in [0.717, 1.165) is 10.6 Å². The van der Waals surface area contributed by atoms with Gasteiger partial charge in [0.05, 0.1) is 27.1 Å². The Balaban J connectivity index is 0.000000890. The molecular weight excluding hydrogens is 451 g/mol. The molecule has 0 N–H and O–H groups in total. The van der Waals surface area contributed by atoms with Crippen LogP contribution in [0.5, 0.6) is 0 Å². The highest BCUT2D eigenvalue weighted by Gasteiger charge is 2.36. The third kappa shape index (κ3) is 10.7. The summed E-state index contributed by atoms with van der Waals surface area (Å²) < 4.78 is 68.3. The number of rotatable bonds is 8. The van der Waals surface area contributed by atoms with Crippen LogP contribution >= 0.6 is 0 Å². The van der Waals surface area contributed by atoms with Crippen LogP contribution in [-0.2, 0) is 40.1 Å². The van der Waals surface area contributed by atoms with Crippen LogP contribution in [0.25, 0.3) is 0 Å². The molecular formula is C17H24F3NO7S2. The number of carbonyl (C=O) groups is 2. The fourth-order valence-electron chi connectivity index (χ4n) is 1.89. The Morgan fingerprint density at radius 1 is 1.00 bits per heavy atom. The summed E-state index contributed by atoms with van der Waals surface area (Å²) in [5, 5.41) is 0. The number of halogens is 3. The Kier molecular flexibility index (Phi) is 11.8. The van der Waals surface area contributed by atoms with Crippen LogP contribution in [0.3, 0.4) is 0 Å². The summed E-state index contributed by atoms with van der Waals surface area (Å²) in [6.45, 7) is 0. The van der Waals surface area contributed by atoms with Crippen LogP contribution < -0.4 is 4.90 Å². The maximum atomic E-state index is 11.4. The second kappa shape index (κ2) is 12.6. The molecule has 13 heteroatoms. The van der Waals surface area contributed by atoms with Gasteiger partial charge >= 0.3 is 17.4 Å². The molecule has 0 saturated heterocycles. The lowest BCUT2D eigenvalue weighted by molar-refractivity contribution is -0.140. The number of ether oxygens (including phenoxy) is 2. The Morgan fingerprint density at radius 2 is 1.37 bits per heavy atom. The number of carbonyl (C=O) groups excluding carboxylic acids is 2. The lowest BCUT2D eigenvalue weighted by Crippen LogP contribution is -2.21. The molecule has 0 amide bonds. The molecule has 0 saturated carbocycles. The molecule has 1 rings (SSSR count). The van der Waals surface area contributed by atoms with Gasteiger partial charge in [0.2, 0.25) is 0 Å². The number of hydrogen-bond acceptors (Lipinski definition) is 8. The van der Waals surface area contributed by atoms with Crippen LogP contribution in [0.15, 0.2) is 29.2 Å². The molecule has 0 fully saturated rings. The summed E-state index contributed by atoms with van der Waals surface area (Å²) in [7, 11) is 0.494. The molecule has 172 valence electrons. The maximum Gasteiger partial charge on any atom is 0.485 e. The largest absolute Gasteiger partial charge is 0.741 e. The molecule has 1 aromatic carbocycles. The van der Waals surface area contributed by atoms with E-state index in [9.17, 15) is 22.8 Å². The van der Waals surface area contributed by atoms with Crippen LogP contribution in [0.1, 0.15) is 12.8 Å². The number of anilines is 1. The minimum Gasteiger partial charge on any atom is -0.741 e. The third-order valence-electron chi connectivity index (χ3n) is 3.53. The Labute approximate surface area is 176 Å². The van der Waals surface area contributed by atoms with Crippen LogP contribution in [0.4, 0.5) is 18.9 Å². The van der Waals surface area contributed by atoms with Crippen molar-refractivity contribution in [3.63, 3.8) is 0 Å². The van der Waals surface area contributed by atoms with Gasteiger partial charge in [-0.05, 0) is 24.3 Å². The molecule has 0 aliphatic carbocycles. The van der Waals surface area contributed by atoms with Gasteiger partial charge in [-0.15, -0.1) is 0 Å². The maximum absolute atomic E-state index is 11.4. The molecule has 0 bridgehead atoms. The van der Waals surface area contributed by atoms with Gasteiger partial charge in [0, 0.05) is 30.7 Å². The summed E-state index contributed by atoms with van der Waals surface area (Å²) in [6.07, 6.45) is 0.715. The third-order valence-corrected chi connectivity index (χ3v) is 6.43. The van der Waals surface area contributed by atoms with Crippen molar-refractivity contribution >= 4 is 38.6 Å². The van der Waals surface area contributed by atoms with Gasteiger partial charge in [-0.1, -0.05) is 0 Å². The van der Waals surface area contributed by atoms with Crippen molar-refractivity contribution in [3.8, 4) is 0 Å². The van der Waals surface area contributed by atoms with Gasteiger partial charge in [0.1, 0.15) is 11.5 Å². The normalized spacial score (nSPS) is 11.4. The molecule has 0 spiro atoms. The van der Waals surface area contributed by atoms with Crippen molar-refractivity contribution in [1.29, 1.82) is 0 Å². The van der Waals surface area contributed by atoms with E-state index in [1.807, 2.05) is 31.1 Å². The van der Waals surface area contributed by atoms with Gasteiger partial charge in [-0.2, -0.15) is 13.2 Å². The van der Waals surface area contributed by atoms with E-state index in [2.05, 4.69) is 12.1 Å². The number of nitrogens with zero attached hydrogens (tertiary/aromatic N) is 1. The number of benzene rings is 1. The highest BCUT2D eigenvalue weighted by atomic mass is 32.2. The Bertz CT molecular complexity index is 762. The topological polar surface area (TPSA) is 113 Å². The minimum atomic E-state index is -6.09. The second-order valence-corrected chi connectivity index (χ2v) is 9.49. The van der Waals surface area contributed by atoms with E-state index < -0.39 is 15.6 Å². The fraction of sp³-hybridized carbons (Fsp3) is 0.529. The Morgan fingerprint density at radius 3 is 1.63 bits per heavy atom. The standard InChI is InChI=1S/C16H24NO4S.CHF3O3S/c1-17(2)13-5-7-14(8-6-13)22(11-9-15(18)20-3)12-10-16(19)21-4;2-1(3,4)8(5,6)7/h5-8H,9-12H2,1-4H3;(H,5,6,7)/q+1;/p-1. The quantitative estimate of drug-likeness (QED) is 0.243. The number of esters is 2. The molecule has 0 aromatic heterocycles. The second-order valence-electron chi connectivity index (χ2n) is 5.84. The zero-order chi connectivity index (χ0) is 23.5. The van der Waals surface area contributed by atoms with Crippen LogP contribution in [-0.4, -0.2) is 70.2 Å². The molecule has 0 atom stereocenters. The monoisotopic (exact) mass is 475 g/mol. The smallest absolute Gasteiger partial charge is 0.485 e. The number of methoxy groups -OCH3 is 2. The van der Waals surface area contributed by atoms with Gasteiger partial charge in [0.25, 0.3) is 0 Å². The van der Waals surface area contributed by atoms with Gasteiger partial charge in [-0.3, -0.25) is 9.59 Å². The van der Waals surface area contributed by atoms with Crippen molar-refractivity contribution in [1.82, 2.24) is 0 Å². The molecule has 0 radical (unpaired) electrons. The zero-order valence-corrected chi connectivity index (χ0v) is 18.5. The van der Waals surface area contributed by atoms with E-state index in [4.69, 9.17) is 22.4 Å². The first-order valence-corrected chi connectivity index (χ1v) is 11.3. The van der Waals surface area contributed by atoms with E-state index in [-0.39, 0.29) is 22.8 Å². The predicted octanol–water partition coefficient (Wildman–Crippen LogP) is 1.91. The predicted molar refractivity (Wildman–Crippen MR) is 105 cm³/mol. The first kappa shape index (κ1) is 28.0. The van der Waals surface area contributed by atoms with Crippen molar-refractivity contribution in [2.45, 2.75) is 23.2 Å². The summed E-state index contributed by atoms with van der Waals surface area (Å²) in [5.74, 6) is 0.927. The van der Waals surface area contributed by atoms with Gasteiger partial charge in [0.15, 0.2) is 15.0 Å². The lowest BCUT2D eigenvalue weighted by atomic mass is 10.3. The highest BCUT2D eigenvalue weighted by molar-refractivity contribution is 7.96. The fourth-order valence-corrected chi connectivity index (χ4v) is 3.91. The first-order valence-electron chi connectivity index (χ1n) is 8.33. The van der Waals surface area contributed by atoms with Crippen molar-refractivity contribution in [2.24, 2.45) is 0 Å². The molecule has 30 heavy (non-hydrogen) atoms. The molecule has 0 unspecified atom stereocenters. The van der Waals surface area contributed by atoms with Gasteiger partial charge in [-0.25, -0.2) is 8.42 Å². The van der Waals surface area contributed by atoms with Crippen molar-refractivity contribution in [3.05, 3.63) is 24.3 Å². The summed E-state index contributed by atoms with van der Waals surface area (Å²) in [6, 6.07) is 8.22. The zero-order valence-electron chi connectivity index (χ0n) is 16.9. The summed E-state index contributed by atoms with van der Waals surface area (Å²) in [5.41, 5.74) is -4.53. The lowest BCUT2D eigenvalue weighted by Gasteiger charge is -2.13. The molecule has 0 aliphatic rings. The van der Waals surface area contributed by atoms with Crippen LogP contribution in [0.2, 0.25) is 0 Å². The number of hydrogen-bond donors (Lipinski definition) is 0. The first-order chi connectivity index (χ1) is 13.7. The van der Waals surface area contributed by atoms with Crippen molar-refractivity contribution in [2.75, 3.05) is 44.7 Å². The molecule has 1 aromatic rings. The highest BCUT2D eigenvalue weighted by Crippen LogP contribution is 2.21. The van der Waals surface area contributed by atoms with E-state index in [1.54, 1.807) is 0 Å². The molecule has 8 nitrogen and oxygen atoms in total. The van der Waals surface area contributed by atoms with Gasteiger partial charge < -0.3 is 18.9 Å². The Hall–Kier alpha value is -1.99. The molecule has 0 aliphatic heterocycles. The van der Waals surface area contributed by atoms with Crippen molar-refractivity contribution < 1.29 is 45.2 Å². The van der Waals surface area contributed by atoms with Crippen LogP contribution in [0, 0.1) is 0 Å². The summed E-state index contributed by atoms with van der Waals surface area (Å²) >= 11 is 0. The van der Waals surface area contributed by atoms with E-state index in [0.29, 0.717) is 24.3 Å². The number of alkyl halides is 3.